The Bertz CT molecular complexity index is 565. The molecule has 0 amide bonds. The van der Waals surface area contributed by atoms with Gasteiger partial charge in [0.25, 0.3) is 0 Å². The molecule has 0 aliphatic heterocycles. The van der Waals surface area contributed by atoms with E-state index < -0.39 is 0 Å². The number of hydrogen-bond donors (Lipinski definition) is 1. The zero-order valence-electron chi connectivity index (χ0n) is 10.8. The van der Waals surface area contributed by atoms with Gasteiger partial charge >= 0.3 is 0 Å². The molecule has 20 heavy (non-hydrogen) atoms. The van der Waals surface area contributed by atoms with E-state index in [2.05, 4.69) is 31.9 Å². The van der Waals surface area contributed by atoms with Crippen LogP contribution in [0.15, 0.2) is 48.5 Å². The van der Waals surface area contributed by atoms with Gasteiger partial charge in [0.15, 0.2) is 0 Å². The number of hydrogen-bond acceptors (Lipinski definition) is 1. The number of benzene rings is 2. The van der Waals surface area contributed by atoms with Gasteiger partial charge in [0.05, 0.1) is 0 Å². The van der Waals surface area contributed by atoms with Crippen LogP contribution in [0.5, 0.6) is 5.75 Å². The number of rotatable bonds is 5. The van der Waals surface area contributed by atoms with E-state index in [4.69, 9.17) is 0 Å². The Morgan fingerprint density at radius 2 is 1.65 bits per heavy atom. The SMILES string of the molecule is Oc1ccc(CC(CBr)(CBr)c2cccc(F)c2)cc1. The molecule has 2 aromatic carbocycles. The third-order valence-electron chi connectivity index (χ3n) is 3.43. The van der Waals surface area contributed by atoms with Gasteiger partial charge in [-0.1, -0.05) is 56.1 Å². The molecule has 106 valence electrons. The molecule has 0 saturated heterocycles. The van der Waals surface area contributed by atoms with Crippen molar-refractivity contribution in [2.75, 3.05) is 10.7 Å². The number of aromatic hydroxyl groups is 1. The number of alkyl halides is 2. The van der Waals surface area contributed by atoms with E-state index in [-0.39, 0.29) is 17.0 Å². The molecule has 0 unspecified atom stereocenters. The molecule has 2 rings (SSSR count). The van der Waals surface area contributed by atoms with E-state index in [1.165, 1.54) is 6.07 Å². The van der Waals surface area contributed by atoms with E-state index in [0.29, 0.717) is 0 Å². The molecule has 0 atom stereocenters. The fourth-order valence-electron chi connectivity index (χ4n) is 2.21. The molecule has 0 radical (unpaired) electrons. The largest absolute Gasteiger partial charge is 0.508 e. The monoisotopic (exact) mass is 400 g/mol. The van der Waals surface area contributed by atoms with E-state index in [1.807, 2.05) is 18.2 Å². The van der Waals surface area contributed by atoms with Crippen molar-refractivity contribution in [1.82, 2.24) is 0 Å². The molecule has 0 spiro atoms. The predicted molar refractivity (Wildman–Crippen MR) is 87.5 cm³/mol. The standard InChI is InChI=1S/C16H15Br2FO/c17-10-16(11-18,13-2-1-3-14(19)8-13)9-12-4-6-15(20)7-5-12/h1-8,20H,9-11H2. The van der Waals surface area contributed by atoms with Crippen molar-refractivity contribution < 1.29 is 9.50 Å². The van der Waals surface area contributed by atoms with E-state index in [0.717, 1.165) is 28.2 Å². The third-order valence-corrected chi connectivity index (χ3v) is 5.57. The first kappa shape index (κ1) is 15.5. The van der Waals surface area contributed by atoms with Gasteiger partial charge in [-0.2, -0.15) is 0 Å². The Kier molecular flexibility index (Phi) is 5.22. The summed E-state index contributed by atoms with van der Waals surface area (Å²) in [4.78, 5) is 0. The molecular weight excluding hydrogens is 387 g/mol. The summed E-state index contributed by atoms with van der Waals surface area (Å²) in [6.45, 7) is 0. The van der Waals surface area contributed by atoms with Gasteiger partial charge in [0, 0.05) is 16.1 Å². The van der Waals surface area contributed by atoms with Crippen LogP contribution < -0.4 is 0 Å². The lowest BCUT2D eigenvalue weighted by atomic mass is 9.79. The number of halogens is 3. The normalized spacial score (nSPS) is 11.6. The van der Waals surface area contributed by atoms with Crippen molar-refractivity contribution in [2.45, 2.75) is 11.8 Å². The highest BCUT2D eigenvalue weighted by atomic mass is 79.9. The van der Waals surface area contributed by atoms with Gasteiger partial charge in [-0.15, -0.1) is 0 Å². The molecule has 0 saturated carbocycles. The second-order valence-corrected chi connectivity index (χ2v) is 6.02. The third kappa shape index (κ3) is 3.41. The highest BCUT2D eigenvalue weighted by Crippen LogP contribution is 2.33. The maximum Gasteiger partial charge on any atom is 0.123 e. The Morgan fingerprint density at radius 1 is 1.00 bits per heavy atom. The van der Waals surface area contributed by atoms with Gasteiger partial charge in [0.2, 0.25) is 0 Å². The zero-order chi connectivity index (χ0) is 14.6. The van der Waals surface area contributed by atoms with Crippen LogP contribution in [0.25, 0.3) is 0 Å². The Labute approximate surface area is 135 Å². The second-order valence-electron chi connectivity index (χ2n) is 4.90. The minimum Gasteiger partial charge on any atom is -0.508 e. The van der Waals surface area contributed by atoms with Gasteiger partial charge in [-0.25, -0.2) is 4.39 Å². The zero-order valence-corrected chi connectivity index (χ0v) is 14.0. The summed E-state index contributed by atoms with van der Waals surface area (Å²) in [6, 6.07) is 13.9. The molecule has 0 heterocycles. The van der Waals surface area contributed by atoms with Gasteiger partial charge < -0.3 is 5.11 Å². The fourth-order valence-corrected chi connectivity index (χ4v) is 4.18. The first-order valence-corrected chi connectivity index (χ1v) is 8.50. The van der Waals surface area contributed by atoms with Crippen LogP contribution in [0, 0.1) is 5.82 Å². The van der Waals surface area contributed by atoms with Crippen molar-refractivity contribution in [2.24, 2.45) is 0 Å². The maximum atomic E-state index is 13.5. The second kappa shape index (κ2) is 6.72. The van der Waals surface area contributed by atoms with E-state index >= 15 is 0 Å². The maximum absolute atomic E-state index is 13.5. The summed E-state index contributed by atoms with van der Waals surface area (Å²) in [7, 11) is 0. The van der Waals surface area contributed by atoms with Crippen LogP contribution in [0.4, 0.5) is 4.39 Å². The summed E-state index contributed by atoms with van der Waals surface area (Å²) in [6.07, 6.45) is 0.757. The molecule has 0 aliphatic rings. The lowest BCUT2D eigenvalue weighted by molar-refractivity contribution is 0.474. The van der Waals surface area contributed by atoms with E-state index in [1.54, 1.807) is 24.3 Å². The Hall–Kier alpha value is -0.870. The minimum absolute atomic E-state index is 0.223. The lowest BCUT2D eigenvalue weighted by Crippen LogP contribution is -2.33. The molecule has 4 heteroatoms. The van der Waals surface area contributed by atoms with Gasteiger partial charge in [-0.05, 0) is 41.8 Å². The van der Waals surface area contributed by atoms with Gasteiger partial charge in [-0.3, -0.25) is 0 Å². The molecule has 0 aromatic heterocycles. The Morgan fingerprint density at radius 3 is 2.20 bits per heavy atom. The predicted octanol–water partition coefficient (Wildman–Crippen LogP) is 4.80. The molecule has 0 fully saturated rings. The van der Waals surface area contributed by atoms with Crippen molar-refractivity contribution in [3.63, 3.8) is 0 Å². The lowest BCUT2D eigenvalue weighted by Gasteiger charge is -2.31. The quantitative estimate of drug-likeness (QED) is 0.713. The summed E-state index contributed by atoms with van der Waals surface area (Å²) < 4.78 is 13.5. The van der Waals surface area contributed by atoms with Crippen molar-refractivity contribution in [1.29, 1.82) is 0 Å². The summed E-state index contributed by atoms with van der Waals surface area (Å²) in [5.74, 6) is 0.0299. The summed E-state index contributed by atoms with van der Waals surface area (Å²) in [5, 5.41) is 10.8. The summed E-state index contributed by atoms with van der Waals surface area (Å²) in [5.41, 5.74) is 1.84. The van der Waals surface area contributed by atoms with Crippen LogP contribution in [-0.4, -0.2) is 15.8 Å². The van der Waals surface area contributed by atoms with Crippen molar-refractivity contribution >= 4 is 31.9 Å². The molecule has 1 nitrogen and oxygen atoms in total. The molecule has 0 aliphatic carbocycles. The van der Waals surface area contributed by atoms with Crippen LogP contribution in [-0.2, 0) is 11.8 Å². The highest BCUT2D eigenvalue weighted by molar-refractivity contribution is 9.09. The molecular formula is C16H15Br2FO. The van der Waals surface area contributed by atoms with E-state index in [9.17, 15) is 9.50 Å². The summed E-state index contributed by atoms with van der Waals surface area (Å²) >= 11 is 7.13. The number of phenolic OH excluding ortho intramolecular Hbond substituents is 1. The highest BCUT2D eigenvalue weighted by Gasteiger charge is 2.30. The van der Waals surface area contributed by atoms with Crippen LogP contribution in [0.3, 0.4) is 0 Å². The van der Waals surface area contributed by atoms with Crippen LogP contribution in [0.2, 0.25) is 0 Å². The average Bonchev–Trinajstić information content (AvgIpc) is 2.47. The minimum atomic E-state index is -0.223. The van der Waals surface area contributed by atoms with Crippen LogP contribution >= 0.6 is 31.9 Å². The molecule has 1 N–H and O–H groups in total. The van der Waals surface area contributed by atoms with Crippen LogP contribution in [0.1, 0.15) is 11.1 Å². The van der Waals surface area contributed by atoms with Crippen molar-refractivity contribution in [3.05, 3.63) is 65.5 Å². The molecule has 2 aromatic rings. The number of phenols is 1. The van der Waals surface area contributed by atoms with Crippen molar-refractivity contribution in [3.8, 4) is 5.75 Å². The first-order chi connectivity index (χ1) is 9.59. The Balaban J connectivity index is 2.36. The smallest absolute Gasteiger partial charge is 0.123 e. The topological polar surface area (TPSA) is 20.2 Å². The fraction of sp³-hybridized carbons (Fsp3) is 0.250. The average molecular weight is 402 g/mol. The van der Waals surface area contributed by atoms with Gasteiger partial charge in [0.1, 0.15) is 11.6 Å². The molecule has 0 bridgehead atoms. The first-order valence-electron chi connectivity index (χ1n) is 6.25.